The third kappa shape index (κ3) is 3.34. The summed E-state index contributed by atoms with van der Waals surface area (Å²) in [6, 6.07) is 8.97. The second kappa shape index (κ2) is 6.52. The lowest BCUT2D eigenvalue weighted by Crippen LogP contribution is -2.16. The smallest absolute Gasteiger partial charge is 0.203 e. The number of fused-ring (bicyclic) bond motifs is 1. The van der Waals surface area contributed by atoms with E-state index < -0.39 is 0 Å². The van der Waals surface area contributed by atoms with Crippen molar-refractivity contribution in [2.45, 2.75) is 0 Å². The Balaban J connectivity index is 1.84. The first-order chi connectivity index (χ1) is 11.2. The minimum Gasteiger partial charge on any atom is -0.493 e. The molecule has 0 fully saturated rings. The molecule has 0 amide bonds. The van der Waals surface area contributed by atoms with E-state index in [2.05, 4.69) is 0 Å². The van der Waals surface area contributed by atoms with E-state index in [0.717, 1.165) is 5.56 Å². The van der Waals surface area contributed by atoms with Gasteiger partial charge in [-0.05, 0) is 48.0 Å². The fourth-order valence-electron chi connectivity index (χ4n) is 2.27. The van der Waals surface area contributed by atoms with Crippen molar-refractivity contribution in [2.24, 2.45) is 0 Å². The molecule has 2 aromatic rings. The molecule has 5 heteroatoms. The molecular formula is C18H15FO4. The van der Waals surface area contributed by atoms with E-state index >= 15 is 0 Å². The number of halogens is 1. The van der Waals surface area contributed by atoms with Gasteiger partial charge in [-0.2, -0.15) is 0 Å². The van der Waals surface area contributed by atoms with Crippen LogP contribution in [0, 0.1) is 5.82 Å². The Morgan fingerprint density at radius 1 is 1.17 bits per heavy atom. The highest BCUT2D eigenvalue weighted by Gasteiger charge is 2.17. The largest absolute Gasteiger partial charge is 0.493 e. The number of benzene rings is 2. The minimum atomic E-state index is -0.373. The molecule has 23 heavy (non-hydrogen) atoms. The summed E-state index contributed by atoms with van der Waals surface area (Å²) in [4.78, 5) is 12.1. The number of hydrogen-bond acceptors (Lipinski definition) is 4. The predicted octanol–water partition coefficient (Wildman–Crippen LogP) is 3.50. The van der Waals surface area contributed by atoms with Crippen LogP contribution >= 0.6 is 0 Å². The summed E-state index contributed by atoms with van der Waals surface area (Å²) < 4.78 is 29.2. The normalized spacial score (nSPS) is 13.1. The van der Waals surface area contributed by atoms with Gasteiger partial charge < -0.3 is 14.2 Å². The molecule has 1 aliphatic heterocycles. The van der Waals surface area contributed by atoms with Gasteiger partial charge in [0.15, 0.2) is 17.3 Å². The topological polar surface area (TPSA) is 44.8 Å². The Labute approximate surface area is 133 Å². The summed E-state index contributed by atoms with van der Waals surface area (Å²) in [5, 5.41) is 0. The quantitative estimate of drug-likeness (QED) is 0.640. The lowest BCUT2D eigenvalue weighted by atomic mass is 10.1. The van der Waals surface area contributed by atoms with Crippen LogP contribution in [0.2, 0.25) is 0 Å². The van der Waals surface area contributed by atoms with Gasteiger partial charge in [0.1, 0.15) is 19.0 Å². The average Bonchev–Trinajstić information content (AvgIpc) is 2.59. The van der Waals surface area contributed by atoms with Crippen molar-refractivity contribution in [2.75, 3.05) is 20.3 Å². The fourth-order valence-corrected chi connectivity index (χ4v) is 2.27. The molecule has 0 spiro atoms. The predicted molar refractivity (Wildman–Crippen MR) is 83.7 cm³/mol. The zero-order valence-electron chi connectivity index (χ0n) is 12.5. The van der Waals surface area contributed by atoms with E-state index in [0.29, 0.717) is 36.0 Å². The summed E-state index contributed by atoms with van der Waals surface area (Å²) in [5.74, 6) is 1.13. The molecule has 1 aliphatic rings. The van der Waals surface area contributed by atoms with E-state index in [9.17, 15) is 9.18 Å². The number of ether oxygens (including phenoxy) is 3. The van der Waals surface area contributed by atoms with Gasteiger partial charge in [-0.25, -0.2) is 4.39 Å². The lowest BCUT2D eigenvalue weighted by molar-refractivity contribution is 0.104. The molecule has 0 radical (unpaired) electrons. The molecule has 0 bridgehead atoms. The number of carbonyl (C=O) groups excluding carboxylic acids is 1. The van der Waals surface area contributed by atoms with Crippen LogP contribution in [0.5, 0.6) is 17.2 Å². The Morgan fingerprint density at radius 2 is 1.91 bits per heavy atom. The highest BCUT2D eigenvalue weighted by Crippen LogP contribution is 2.40. The van der Waals surface area contributed by atoms with Crippen LogP contribution < -0.4 is 14.2 Å². The molecule has 3 rings (SSSR count). The second-order valence-electron chi connectivity index (χ2n) is 4.95. The Kier molecular flexibility index (Phi) is 4.28. The van der Waals surface area contributed by atoms with Crippen molar-refractivity contribution in [3.05, 3.63) is 59.4 Å². The molecule has 0 saturated carbocycles. The third-order valence-electron chi connectivity index (χ3n) is 3.41. The molecule has 0 aromatic heterocycles. The number of allylic oxidation sites excluding steroid dienone is 1. The van der Waals surface area contributed by atoms with E-state index in [-0.39, 0.29) is 11.6 Å². The van der Waals surface area contributed by atoms with Gasteiger partial charge in [0.2, 0.25) is 5.75 Å². The van der Waals surface area contributed by atoms with Crippen LogP contribution in [-0.4, -0.2) is 26.1 Å². The summed E-state index contributed by atoms with van der Waals surface area (Å²) in [7, 11) is 1.55. The average molecular weight is 314 g/mol. The van der Waals surface area contributed by atoms with Crippen LogP contribution in [0.4, 0.5) is 4.39 Å². The van der Waals surface area contributed by atoms with Crippen molar-refractivity contribution in [3.63, 3.8) is 0 Å². The molecule has 0 saturated heterocycles. The Bertz CT molecular complexity index is 733. The Hall–Kier alpha value is -2.82. The van der Waals surface area contributed by atoms with Gasteiger partial charge in [0.05, 0.1) is 7.11 Å². The first-order valence-corrected chi connectivity index (χ1v) is 7.13. The van der Waals surface area contributed by atoms with Gasteiger partial charge in [-0.15, -0.1) is 0 Å². The van der Waals surface area contributed by atoms with Gasteiger partial charge in [0, 0.05) is 5.56 Å². The molecule has 4 nitrogen and oxygen atoms in total. The molecule has 118 valence electrons. The number of ketones is 1. The van der Waals surface area contributed by atoms with E-state index in [1.54, 1.807) is 25.3 Å². The minimum absolute atomic E-state index is 0.209. The van der Waals surface area contributed by atoms with Crippen molar-refractivity contribution >= 4 is 11.9 Å². The maximum Gasteiger partial charge on any atom is 0.203 e. The van der Waals surface area contributed by atoms with Gasteiger partial charge >= 0.3 is 0 Å². The van der Waals surface area contributed by atoms with Crippen molar-refractivity contribution in [3.8, 4) is 17.2 Å². The van der Waals surface area contributed by atoms with E-state index in [4.69, 9.17) is 14.2 Å². The van der Waals surface area contributed by atoms with Crippen LogP contribution in [0.3, 0.4) is 0 Å². The van der Waals surface area contributed by atoms with Crippen molar-refractivity contribution in [1.29, 1.82) is 0 Å². The maximum atomic E-state index is 12.9. The summed E-state index contributed by atoms with van der Waals surface area (Å²) in [6.45, 7) is 0.944. The van der Waals surface area contributed by atoms with Crippen LogP contribution in [0.25, 0.3) is 6.08 Å². The molecule has 1 heterocycles. The Morgan fingerprint density at radius 3 is 2.65 bits per heavy atom. The highest BCUT2D eigenvalue weighted by atomic mass is 19.1. The standard InChI is InChI=1S/C18H15FO4/c1-21-16-10-12(11-17-18(16)23-9-8-22-17)2-7-15(20)13-3-5-14(19)6-4-13/h2-7,10-11H,8-9H2,1H3. The number of methoxy groups -OCH3 is 1. The van der Waals surface area contributed by atoms with E-state index in [1.807, 2.05) is 0 Å². The van der Waals surface area contributed by atoms with Crippen LogP contribution in [0.15, 0.2) is 42.5 Å². The van der Waals surface area contributed by atoms with E-state index in [1.165, 1.54) is 30.3 Å². The van der Waals surface area contributed by atoms with Crippen molar-refractivity contribution in [1.82, 2.24) is 0 Å². The first kappa shape index (κ1) is 15.1. The third-order valence-corrected chi connectivity index (χ3v) is 3.41. The second-order valence-corrected chi connectivity index (χ2v) is 4.95. The first-order valence-electron chi connectivity index (χ1n) is 7.13. The fraction of sp³-hybridized carbons (Fsp3) is 0.167. The number of rotatable bonds is 4. The molecule has 0 N–H and O–H groups in total. The summed E-state index contributed by atoms with van der Waals surface area (Å²) in [5.41, 5.74) is 1.17. The lowest BCUT2D eigenvalue weighted by Gasteiger charge is -2.20. The summed E-state index contributed by atoms with van der Waals surface area (Å²) in [6.07, 6.45) is 3.09. The molecule has 0 unspecified atom stereocenters. The summed E-state index contributed by atoms with van der Waals surface area (Å²) >= 11 is 0. The molecular weight excluding hydrogens is 299 g/mol. The van der Waals surface area contributed by atoms with Crippen LogP contribution in [-0.2, 0) is 0 Å². The number of carbonyl (C=O) groups is 1. The van der Waals surface area contributed by atoms with Gasteiger partial charge in [-0.3, -0.25) is 4.79 Å². The maximum absolute atomic E-state index is 12.9. The number of hydrogen-bond donors (Lipinski definition) is 0. The monoisotopic (exact) mass is 314 g/mol. The highest BCUT2D eigenvalue weighted by molar-refractivity contribution is 6.06. The molecule has 0 aliphatic carbocycles. The van der Waals surface area contributed by atoms with Gasteiger partial charge in [-0.1, -0.05) is 6.08 Å². The SMILES string of the molecule is COc1cc(C=CC(=O)c2ccc(F)cc2)cc2c1OCCO2. The zero-order chi connectivity index (χ0) is 16.2. The zero-order valence-corrected chi connectivity index (χ0v) is 12.5. The molecule has 2 aromatic carbocycles. The van der Waals surface area contributed by atoms with Crippen LogP contribution in [0.1, 0.15) is 15.9 Å². The van der Waals surface area contributed by atoms with Gasteiger partial charge in [0.25, 0.3) is 0 Å². The molecule has 0 atom stereocenters. The van der Waals surface area contributed by atoms with Crippen molar-refractivity contribution < 1.29 is 23.4 Å².